The molecule has 3 aromatic carbocycles. The Balaban J connectivity index is 1.55. The van der Waals surface area contributed by atoms with Gasteiger partial charge in [-0.1, -0.05) is 18.2 Å². The Morgan fingerprint density at radius 2 is 1.52 bits per heavy atom. The normalized spacial score (nSPS) is 10.6. The fourth-order valence-corrected chi connectivity index (χ4v) is 4.11. The van der Waals surface area contributed by atoms with Crippen LogP contribution in [-0.4, -0.2) is 22.6 Å². The average Bonchev–Trinajstić information content (AvgIpc) is 3.18. The third-order valence-corrected chi connectivity index (χ3v) is 5.70. The standard InChI is InChI=1S/C24H19N3O3S/c1-14(28)16-4-3-5-18(12-16)24-27-21-11-6-17(13-22(21)31-24)23(30)26-20-9-7-19(8-10-20)25-15(2)29/h3-13H,1-2H3,(H,25,29)(H,26,30). The highest BCUT2D eigenvalue weighted by molar-refractivity contribution is 7.21. The second kappa shape index (κ2) is 8.49. The van der Waals surface area contributed by atoms with E-state index in [-0.39, 0.29) is 17.6 Å². The van der Waals surface area contributed by atoms with Crippen LogP contribution in [0.4, 0.5) is 11.4 Å². The van der Waals surface area contributed by atoms with Crippen LogP contribution < -0.4 is 10.6 Å². The summed E-state index contributed by atoms with van der Waals surface area (Å²) < 4.78 is 0.886. The minimum absolute atomic E-state index is 0.00651. The number of nitrogens with one attached hydrogen (secondary N) is 2. The van der Waals surface area contributed by atoms with Crippen LogP contribution >= 0.6 is 11.3 Å². The van der Waals surface area contributed by atoms with E-state index < -0.39 is 0 Å². The van der Waals surface area contributed by atoms with E-state index in [1.54, 1.807) is 36.4 Å². The first kappa shape index (κ1) is 20.4. The van der Waals surface area contributed by atoms with Crippen molar-refractivity contribution in [3.8, 4) is 10.6 Å². The van der Waals surface area contributed by atoms with Crippen LogP contribution in [0.5, 0.6) is 0 Å². The van der Waals surface area contributed by atoms with E-state index in [2.05, 4.69) is 15.6 Å². The van der Waals surface area contributed by atoms with Gasteiger partial charge in [-0.15, -0.1) is 11.3 Å². The van der Waals surface area contributed by atoms with Gasteiger partial charge in [0.05, 0.1) is 10.2 Å². The minimum Gasteiger partial charge on any atom is -0.326 e. The molecular formula is C24H19N3O3S. The first-order chi connectivity index (χ1) is 14.9. The zero-order valence-corrected chi connectivity index (χ0v) is 17.7. The number of fused-ring (bicyclic) bond motifs is 1. The van der Waals surface area contributed by atoms with Gasteiger partial charge in [0.2, 0.25) is 5.91 Å². The number of carbonyl (C=O) groups is 3. The Morgan fingerprint density at radius 3 is 2.19 bits per heavy atom. The summed E-state index contributed by atoms with van der Waals surface area (Å²) in [6, 6.07) is 19.7. The van der Waals surface area contributed by atoms with Gasteiger partial charge in [-0.25, -0.2) is 4.98 Å². The predicted octanol–water partition coefficient (Wildman–Crippen LogP) is 5.38. The summed E-state index contributed by atoms with van der Waals surface area (Å²) in [6.45, 7) is 2.98. The molecule has 0 saturated heterocycles. The van der Waals surface area contributed by atoms with Gasteiger partial charge in [0.1, 0.15) is 5.01 Å². The number of Topliss-reactive ketones (excluding diaryl/α,β-unsaturated/α-hetero) is 1. The fourth-order valence-electron chi connectivity index (χ4n) is 3.10. The molecule has 0 aliphatic carbocycles. The molecule has 2 amide bonds. The summed E-state index contributed by atoms with van der Waals surface area (Å²) in [4.78, 5) is 40.1. The molecule has 0 radical (unpaired) electrons. The molecule has 0 atom stereocenters. The maximum absolute atomic E-state index is 12.7. The topological polar surface area (TPSA) is 88.2 Å². The number of rotatable bonds is 5. The molecule has 154 valence electrons. The molecule has 4 rings (SSSR count). The maximum Gasteiger partial charge on any atom is 0.255 e. The van der Waals surface area contributed by atoms with Crippen LogP contribution in [-0.2, 0) is 4.79 Å². The van der Waals surface area contributed by atoms with Gasteiger partial charge in [-0.3, -0.25) is 14.4 Å². The van der Waals surface area contributed by atoms with Gasteiger partial charge in [0.15, 0.2) is 5.78 Å². The second-order valence-electron chi connectivity index (χ2n) is 7.05. The van der Waals surface area contributed by atoms with Crippen molar-refractivity contribution < 1.29 is 14.4 Å². The van der Waals surface area contributed by atoms with Crippen LogP contribution in [0.3, 0.4) is 0 Å². The molecule has 0 saturated carbocycles. The zero-order chi connectivity index (χ0) is 22.0. The molecule has 1 aromatic heterocycles. The Hall–Kier alpha value is -3.84. The van der Waals surface area contributed by atoms with Crippen molar-refractivity contribution in [2.75, 3.05) is 10.6 Å². The Labute approximate surface area is 182 Å². The molecule has 0 unspecified atom stereocenters. The molecule has 4 aromatic rings. The number of hydrogen-bond acceptors (Lipinski definition) is 5. The lowest BCUT2D eigenvalue weighted by atomic mass is 10.1. The number of ketones is 1. The molecule has 0 aliphatic heterocycles. The summed E-state index contributed by atoms with van der Waals surface area (Å²) in [5, 5.41) is 6.34. The van der Waals surface area contributed by atoms with Crippen LogP contribution in [0.2, 0.25) is 0 Å². The number of nitrogens with zero attached hydrogens (tertiary/aromatic N) is 1. The van der Waals surface area contributed by atoms with Crippen LogP contribution in [0.1, 0.15) is 34.6 Å². The van der Waals surface area contributed by atoms with E-state index in [4.69, 9.17) is 0 Å². The number of carbonyl (C=O) groups excluding carboxylic acids is 3. The molecule has 7 heteroatoms. The fraction of sp³-hybridized carbons (Fsp3) is 0.0833. The predicted molar refractivity (Wildman–Crippen MR) is 124 cm³/mol. The zero-order valence-electron chi connectivity index (χ0n) is 16.9. The number of hydrogen-bond donors (Lipinski definition) is 2. The lowest BCUT2D eigenvalue weighted by molar-refractivity contribution is -0.114. The van der Waals surface area contributed by atoms with Crippen LogP contribution in [0.25, 0.3) is 20.8 Å². The summed E-state index contributed by atoms with van der Waals surface area (Å²) >= 11 is 1.47. The van der Waals surface area contributed by atoms with E-state index in [1.807, 2.05) is 30.3 Å². The van der Waals surface area contributed by atoms with Gasteiger partial charge in [-0.05, 0) is 55.5 Å². The molecule has 0 fully saturated rings. The molecular weight excluding hydrogens is 410 g/mol. The molecule has 0 bridgehead atoms. The third kappa shape index (κ3) is 4.67. The summed E-state index contributed by atoms with van der Waals surface area (Å²) in [5.74, 6) is -0.378. The van der Waals surface area contributed by atoms with E-state index in [0.29, 0.717) is 22.5 Å². The van der Waals surface area contributed by atoms with E-state index >= 15 is 0 Å². The quantitative estimate of drug-likeness (QED) is 0.417. The van der Waals surface area contributed by atoms with Gasteiger partial charge in [0.25, 0.3) is 5.91 Å². The largest absolute Gasteiger partial charge is 0.326 e. The van der Waals surface area contributed by atoms with Crippen LogP contribution in [0, 0.1) is 0 Å². The number of aromatic nitrogens is 1. The molecule has 0 spiro atoms. The Bertz CT molecular complexity index is 1310. The summed E-state index contributed by atoms with van der Waals surface area (Å²) in [7, 11) is 0. The lowest BCUT2D eigenvalue weighted by Gasteiger charge is -2.07. The van der Waals surface area contributed by atoms with Crippen molar-refractivity contribution in [1.29, 1.82) is 0 Å². The molecule has 1 heterocycles. The highest BCUT2D eigenvalue weighted by Crippen LogP contribution is 2.31. The highest BCUT2D eigenvalue weighted by Gasteiger charge is 2.12. The Morgan fingerprint density at radius 1 is 0.806 bits per heavy atom. The lowest BCUT2D eigenvalue weighted by Crippen LogP contribution is -2.12. The van der Waals surface area contributed by atoms with Crippen molar-refractivity contribution in [2.24, 2.45) is 0 Å². The van der Waals surface area contributed by atoms with E-state index in [0.717, 1.165) is 20.8 Å². The average molecular weight is 430 g/mol. The van der Waals surface area contributed by atoms with Gasteiger partial charge in [0, 0.05) is 35.0 Å². The number of benzene rings is 3. The summed E-state index contributed by atoms with van der Waals surface area (Å²) in [6.07, 6.45) is 0. The van der Waals surface area contributed by atoms with Gasteiger partial charge in [-0.2, -0.15) is 0 Å². The SMILES string of the molecule is CC(=O)Nc1ccc(NC(=O)c2ccc3nc(-c4cccc(C(C)=O)c4)sc3c2)cc1. The van der Waals surface area contributed by atoms with Crippen molar-refractivity contribution >= 4 is 50.5 Å². The second-order valence-corrected chi connectivity index (χ2v) is 8.08. The van der Waals surface area contributed by atoms with E-state index in [1.165, 1.54) is 25.2 Å². The number of amides is 2. The van der Waals surface area contributed by atoms with Crippen molar-refractivity contribution in [1.82, 2.24) is 4.98 Å². The van der Waals surface area contributed by atoms with Crippen LogP contribution in [0.15, 0.2) is 66.7 Å². The first-order valence-corrected chi connectivity index (χ1v) is 10.4. The minimum atomic E-state index is -0.234. The third-order valence-electron chi connectivity index (χ3n) is 4.63. The monoisotopic (exact) mass is 429 g/mol. The molecule has 6 nitrogen and oxygen atoms in total. The summed E-state index contributed by atoms with van der Waals surface area (Å²) in [5.41, 5.74) is 4.12. The van der Waals surface area contributed by atoms with Gasteiger partial charge < -0.3 is 10.6 Å². The van der Waals surface area contributed by atoms with Crippen molar-refractivity contribution in [3.63, 3.8) is 0 Å². The maximum atomic E-state index is 12.7. The van der Waals surface area contributed by atoms with E-state index in [9.17, 15) is 14.4 Å². The van der Waals surface area contributed by atoms with Crippen molar-refractivity contribution in [3.05, 3.63) is 77.9 Å². The molecule has 2 N–H and O–H groups in total. The van der Waals surface area contributed by atoms with Crippen molar-refractivity contribution in [2.45, 2.75) is 13.8 Å². The number of anilines is 2. The molecule has 31 heavy (non-hydrogen) atoms. The number of thiazole rings is 1. The Kier molecular flexibility index (Phi) is 5.60. The molecule has 0 aliphatic rings. The smallest absolute Gasteiger partial charge is 0.255 e. The highest BCUT2D eigenvalue weighted by atomic mass is 32.1. The van der Waals surface area contributed by atoms with Gasteiger partial charge >= 0.3 is 0 Å². The first-order valence-electron chi connectivity index (χ1n) is 9.60.